The van der Waals surface area contributed by atoms with E-state index < -0.39 is 86.8 Å². The van der Waals surface area contributed by atoms with Crippen LogP contribution >= 0.6 is 0 Å². The third kappa shape index (κ3) is 27.0. The standard InChI is InChI=1S/C53H99NO13/c1-3-5-7-9-11-13-15-17-19-21-22-24-26-28-30-32-34-36-42(57)41(54-45(58)37-35-33-31-29-27-25-23-20-18-16-14-12-10-8-6-4-2)40-64-52-50(63)48(61)51(44(39-56)66-52)67-53-49(62)47(60)46(59)43(38-55)65-53/h20,23,34,36,41-44,46-53,55-57,59-63H,3-19,21-22,24-33,35,37-40H2,1-2H3,(H,54,58)/b23-20-,36-34+. The number of rotatable bonds is 42. The zero-order valence-electron chi connectivity index (χ0n) is 41.9. The monoisotopic (exact) mass is 958 g/mol. The van der Waals surface area contributed by atoms with Crippen LogP contribution in [-0.2, 0) is 23.7 Å². The van der Waals surface area contributed by atoms with Crippen LogP contribution < -0.4 is 5.32 Å². The van der Waals surface area contributed by atoms with Gasteiger partial charge in [-0.05, 0) is 44.9 Å². The Hall–Kier alpha value is -1.53. The maximum absolute atomic E-state index is 13.2. The molecule has 2 rings (SSSR count). The Morgan fingerprint density at radius 3 is 1.42 bits per heavy atom. The SMILES string of the molecule is CCCCCCCCC/C=C\CCCCCCCC(=O)NC(COC1OC(CO)C(OC2OC(CO)C(O)C(O)C2O)C(O)C1O)C(O)/C=C/CCCCCCCCCCCCCCCCC. The van der Waals surface area contributed by atoms with Crippen molar-refractivity contribution in [3.8, 4) is 0 Å². The van der Waals surface area contributed by atoms with E-state index in [0.717, 1.165) is 57.8 Å². The van der Waals surface area contributed by atoms with Crippen LogP contribution in [-0.4, -0.2) is 140 Å². The van der Waals surface area contributed by atoms with E-state index in [2.05, 4.69) is 31.3 Å². The first-order valence-corrected chi connectivity index (χ1v) is 27.1. The second-order valence-corrected chi connectivity index (χ2v) is 19.4. The molecule has 0 aromatic rings. The van der Waals surface area contributed by atoms with Gasteiger partial charge in [0.2, 0.25) is 5.91 Å². The summed E-state index contributed by atoms with van der Waals surface area (Å²) in [6.45, 7) is 2.79. The quantitative estimate of drug-likeness (QED) is 0.0211. The van der Waals surface area contributed by atoms with Crippen LogP contribution in [0, 0.1) is 0 Å². The number of hydrogen-bond acceptors (Lipinski definition) is 13. The van der Waals surface area contributed by atoms with E-state index in [1.165, 1.54) is 128 Å². The summed E-state index contributed by atoms with van der Waals surface area (Å²) >= 11 is 0. The van der Waals surface area contributed by atoms with Crippen molar-refractivity contribution in [2.45, 2.75) is 286 Å². The van der Waals surface area contributed by atoms with Crippen molar-refractivity contribution in [3.63, 3.8) is 0 Å². The minimum absolute atomic E-state index is 0.247. The summed E-state index contributed by atoms with van der Waals surface area (Å²) in [5.74, 6) is -0.247. The Morgan fingerprint density at radius 2 is 0.940 bits per heavy atom. The molecule has 2 saturated heterocycles. The molecule has 14 nitrogen and oxygen atoms in total. The number of amides is 1. The van der Waals surface area contributed by atoms with Gasteiger partial charge in [0.25, 0.3) is 0 Å². The van der Waals surface area contributed by atoms with Crippen LogP contribution in [0.25, 0.3) is 0 Å². The van der Waals surface area contributed by atoms with E-state index in [-0.39, 0.29) is 18.9 Å². The molecule has 0 spiro atoms. The van der Waals surface area contributed by atoms with Gasteiger partial charge in [0.05, 0.1) is 32.0 Å². The molecule has 0 radical (unpaired) electrons. The van der Waals surface area contributed by atoms with Crippen LogP contribution in [0.15, 0.2) is 24.3 Å². The summed E-state index contributed by atoms with van der Waals surface area (Å²) in [5.41, 5.74) is 0. The molecule has 0 bridgehead atoms. The Bertz CT molecular complexity index is 1220. The summed E-state index contributed by atoms with van der Waals surface area (Å²) in [7, 11) is 0. The molecule has 67 heavy (non-hydrogen) atoms. The van der Waals surface area contributed by atoms with Crippen LogP contribution in [0.3, 0.4) is 0 Å². The van der Waals surface area contributed by atoms with Crippen LogP contribution in [0.4, 0.5) is 0 Å². The van der Waals surface area contributed by atoms with Gasteiger partial charge < -0.3 is 65.1 Å². The molecule has 12 atom stereocenters. The number of hydrogen-bond donors (Lipinski definition) is 9. The Kier molecular flexibility index (Phi) is 36.9. The van der Waals surface area contributed by atoms with E-state index in [4.69, 9.17) is 18.9 Å². The number of aliphatic hydroxyl groups excluding tert-OH is 8. The number of allylic oxidation sites excluding steroid dienone is 3. The zero-order valence-corrected chi connectivity index (χ0v) is 41.9. The lowest BCUT2D eigenvalue weighted by Gasteiger charge is -2.46. The molecule has 1 amide bonds. The highest BCUT2D eigenvalue weighted by atomic mass is 16.7. The second kappa shape index (κ2) is 40.1. The Morgan fingerprint density at radius 1 is 0.522 bits per heavy atom. The first-order valence-electron chi connectivity index (χ1n) is 27.1. The average Bonchev–Trinajstić information content (AvgIpc) is 3.32. The molecule has 0 aromatic carbocycles. The van der Waals surface area contributed by atoms with Gasteiger partial charge >= 0.3 is 0 Å². The van der Waals surface area contributed by atoms with Gasteiger partial charge in [-0.2, -0.15) is 0 Å². The van der Waals surface area contributed by atoms with E-state index in [1.54, 1.807) is 6.08 Å². The average molecular weight is 958 g/mol. The van der Waals surface area contributed by atoms with Gasteiger partial charge in [0.15, 0.2) is 12.6 Å². The number of ether oxygens (including phenoxy) is 4. The van der Waals surface area contributed by atoms with E-state index in [0.29, 0.717) is 6.42 Å². The molecule has 0 aromatic heterocycles. The van der Waals surface area contributed by atoms with Crippen molar-refractivity contribution >= 4 is 5.91 Å². The topological polar surface area (TPSA) is 228 Å². The highest BCUT2D eigenvalue weighted by Crippen LogP contribution is 2.30. The zero-order chi connectivity index (χ0) is 48.9. The van der Waals surface area contributed by atoms with E-state index in [9.17, 15) is 45.6 Å². The number of carbonyl (C=O) groups excluding carboxylic acids is 1. The van der Waals surface area contributed by atoms with Crippen molar-refractivity contribution in [1.29, 1.82) is 0 Å². The minimum atomic E-state index is -1.79. The molecule has 9 N–H and O–H groups in total. The third-order valence-corrected chi connectivity index (χ3v) is 13.4. The lowest BCUT2D eigenvalue weighted by atomic mass is 9.97. The number of nitrogens with one attached hydrogen (secondary N) is 1. The smallest absolute Gasteiger partial charge is 0.220 e. The number of unbranched alkanes of at least 4 members (excludes halogenated alkanes) is 27. The van der Waals surface area contributed by atoms with Crippen molar-refractivity contribution in [2.75, 3.05) is 19.8 Å². The molecular weight excluding hydrogens is 859 g/mol. The summed E-state index contributed by atoms with van der Waals surface area (Å²) in [6.07, 6.45) is 27.8. The Balaban J connectivity index is 1.83. The van der Waals surface area contributed by atoms with Gasteiger partial charge in [-0.1, -0.05) is 186 Å². The fourth-order valence-electron chi connectivity index (χ4n) is 8.93. The largest absolute Gasteiger partial charge is 0.394 e. The fourth-order valence-corrected chi connectivity index (χ4v) is 8.93. The maximum atomic E-state index is 13.2. The van der Waals surface area contributed by atoms with E-state index >= 15 is 0 Å². The molecule has 2 aliphatic rings. The highest BCUT2D eigenvalue weighted by Gasteiger charge is 2.51. The number of aliphatic hydroxyl groups is 8. The third-order valence-electron chi connectivity index (χ3n) is 13.4. The summed E-state index contributed by atoms with van der Waals surface area (Å²) < 4.78 is 22.7. The second-order valence-electron chi connectivity index (χ2n) is 19.4. The molecule has 2 heterocycles. The lowest BCUT2D eigenvalue weighted by molar-refractivity contribution is -0.359. The maximum Gasteiger partial charge on any atom is 0.220 e. The molecule has 12 unspecified atom stereocenters. The molecule has 394 valence electrons. The van der Waals surface area contributed by atoms with E-state index in [1.807, 2.05) is 6.08 Å². The van der Waals surface area contributed by atoms with Gasteiger partial charge in [-0.3, -0.25) is 4.79 Å². The molecule has 2 fully saturated rings. The first kappa shape index (κ1) is 61.6. The van der Waals surface area contributed by atoms with Crippen LogP contribution in [0.2, 0.25) is 0 Å². The number of carbonyl (C=O) groups is 1. The van der Waals surface area contributed by atoms with Gasteiger partial charge in [0, 0.05) is 6.42 Å². The minimum Gasteiger partial charge on any atom is -0.394 e. The first-order chi connectivity index (χ1) is 32.6. The molecule has 0 aliphatic carbocycles. The Labute approximate surface area is 405 Å². The van der Waals surface area contributed by atoms with Crippen molar-refractivity contribution in [3.05, 3.63) is 24.3 Å². The van der Waals surface area contributed by atoms with Crippen molar-refractivity contribution in [1.82, 2.24) is 5.32 Å². The van der Waals surface area contributed by atoms with Crippen molar-refractivity contribution < 1.29 is 64.6 Å². The molecule has 0 saturated carbocycles. The molecule has 14 heteroatoms. The van der Waals surface area contributed by atoms with Gasteiger partial charge in [-0.15, -0.1) is 0 Å². The fraction of sp³-hybridized carbons (Fsp3) is 0.906. The molecule has 2 aliphatic heterocycles. The highest BCUT2D eigenvalue weighted by molar-refractivity contribution is 5.76. The summed E-state index contributed by atoms with van der Waals surface area (Å²) in [5, 5.41) is 86.8. The molecular formula is C53H99NO13. The predicted molar refractivity (Wildman–Crippen MR) is 263 cm³/mol. The van der Waals surface area contributed by atoms with Crippen LogP contribution in [0.1, 0.15) is 213 Å². The summed E-state index contributed by atoms with van der Waals surface area (Å²) in [4.78, 5) is 13.2. The van der Waals surface area contributed by atoms with Gasteiger partial charge in [-0.25, -0.2) is 0 Å². The van der Waals surface area contributed by atoms with Crippen molar-refractivity contribution in [2.24, 2.45) is 0 Å². The lowest BCUT2D eigenvalue weighted by Crippen LogP contribution is -2.65. The van der Waals surface area contributed by atoms with Gasteiger partial charge in [0.1, 0.15) is 48.8 Å². The summed E-state index contributed by atoms with van der Waals surface area (Å²) in [6, 6.07) is -0.915. The normalized spacial score (nSPS) is 26.7. The predicted octanol–water partition coefficient (Wildman–Crippen LogP) is 7.72. The van der Waals surface area contributed by atoms with Crippen LogP contribution in [0.5, 0.6) is 0 Å².